The van der Waals surface area contributed by atoms with Crippen LogP contribution < -0.4 is 16.0 Å². The van der Waals surface area contributed by atoms with Crippen molar-refractivity contribution < 1.29 is 9.59 Å². The third kappa shape index (κ3) is 4.07. The van der Waals surface area contributed by atoms with Gasteiger partial charge in [-0.15, -0.1) is 0 Å². The molecule has 2 unspecified atom stereocenters. The molecular formula is C17H23N3O2. The maximum atomic E-state index is 12.0. The van der Waals surface area contributed by atoms with Crippen LogP contribution in [0.25, 0.3) is 0 Å². The molecule has 2 fully saturated rings. The van der Waals surface area contributed by atoms with Crippen LogP contribution in [-0.4, -0.2) is 30.4 Å². The van der Waals surface area contributed by atoms with E-state index in [0.29, 0.717) is 24.4 Å². The Morgan fingerprint density at radius 2 is 1.73 bits per heavy atom. The molecule has 0 aromatic heterocycles. The van der Waals surface area contributed by atoms with Crippen molar-refractivity contribution in [2.45, 2.75) is 44.2 Å². The van der Waals surface area contributed by atoms with E-state index in [1.165, 1.54) is 12.8 Å². The number of carbonyl (C=O) groups excluding carboxylic acids is 2. The van der Waals surface area contributed by atoms with Gasteiger partial charge >= 0.3 is 0 Å². The summed E-state index contributed by atoms with van der Waals surface area (Å²) in [6.07, 6.45) is 5.18. The molecule has 3 rings (SSSR count). The maximum Gasteiger partial charge on any atom is 0.243 e. The fourth-order valence-electron chi connectivity index (χ4n) is 3.58. The first-order valence-corrected chi connectivity index (χ1v) is 8.06. The van der Waals surface area contributed by atoms with Crippen LogP contribution in [0.3, 0.4) is 0 Å². The van der Waals surface area contributed by atoms with Crippen molar-refractivity contribution in [2.24, 2.45) is 5.92 Å². The van der Waals surface area contributed by atoms with Crippen molar-refractivity contribution in [3.8, 4) is 0 Å². The van der Waals surface area contributed by atoms with E-state index < -0.39 is 0 Å². The molecule has 1 aromatic rings. The number of fused-ring (bicyclic) bond motifs is 2. The smallest absolute Gasteiger partial charge is 0.243 e. The highest BCUT2D eigenvalue weighted by Crippen LogP contribution is 2.32. The summed E-state index contributed by atoms with van der Waals surface area (Å²) in [6.45, 7) is 0.0333. The lowest BCUT2D eigenvalue weighted by molar-refractivity contribution is -0.125. The molecular weight excluding hydrogens is 278 g/mol. The van der Waals surface area contributed by atoms with E-state index in [4.69, 9.17) is 0 Å². The average molecular weight is 301 g/mol. The Hall–Kier alpha value is -1.88. The molecule has 0 radical (unpaired) electrons. The summed E-state index contributed by atoms with van der Waals surface area (Å²) in [4.78, 5) is 23.8. The van der Waals surface area contributed by atoms with Gasteiger partial charge < -0.3 is 16.0 Å². The van der Waals surface area contributed by atoms with Crippen molar-refractivity contribution >= 4 is 17.5 Å². The number of carbonyl (C=O) groups is 2. The summed E-state index contributed by atoms with van der Waals surface area (Å²) in [5.74, 6) is 0.246. The number of benzene rings is 1. The number of hydrogen-bond acceptors (Lipinski definition) is 3. The van der Waals surface area contributed by atoms with Crippen LogP contribution in [-0.2, 0) is 9.59 Å². The van der Waals surface area contributed by atoms with Crippen molar-refractivity contribution in [1.29, 1.82) is 0 Å². The topological polar surface area (TPSA) is 70.2 Å². The lowest BCUT2D eigenvalue weighted by atomic mass is 9.89. The number of piperidine rings is 1. The van der Waals surface area contributed by atoms with Gasteiger partial charge in [0.15, 0.2) is 0 Å². The molecule has 5 heteroatoms. The summed E-state index contributed by atoms with van der Waals surface area (Å²) < 4.78 is 0. The molecule has 0 aliphatic carbocycles. The number of amides is 2. The summed E-state index contributed by atoms with van der Waals surface area (Å²) in [5.41, 5.74) is 0.747. The largest absolute Gasteiger partial charge is 0.347 e. The third-order valence-electron chi connectivity index (χ3n) is 4.55. The van der Waals surface area contributed by atoms with Gasteiger partial charge in [-0.05, 0) is 43.7 Å². The van der Waals surface area contributed by atoms with E-state index in [9.17, 15) is 9.59 Å². The van der Waals surface area contributed by atoms with E-state index in [1.807, 2.05) is 30.3 Å². The van der Waals surface area contributed by atoms with Gasteiger partial charge in [-0.1, -0.05) is 18.2 Å². The Kier molecular flexibility index (Phi) is 4.73. The first kappa shape index (κ1) is 15.0. The molecule has 1 aromatic carbocycles. The monoisotopic (exact) mass is 301 g/mol. The fraction of sp³-hybridized carbons (Fsp3) is 0.529. The lowest BCUT2D eigenvalue weighted by Crippen LogP contribution is -2.40. The predicted molar refractivity (Wildman–Crippen MR) is 85.4 cm³/mol. The van der Waals surface area contributed by atoms with Crippen LogP contribution in [0.15, 0.2) is 30.3 Å². The minimum Gasteiger partial charge on any atom is -0.347 e. The van der Waals surface area contributed by atoms with Crippen LogP contribution in [0.1, 0.15) is 32.1 Å². The summed E-state index contributed by atoms with van der Waals surface area (Å²) in [7, 11) is 0. The van der Waals surface area contributed by atoms with Crippen LogP contribution >= 0.6 is 0 Å². The SMILES string of the molecule is O=C(CC1CC2CCC(C1)N2)NCC(=O)Nc1ccccc1. The van der Waals surface area contributed by atoms with Gasteiger partial charge in [-0.3, -0.25) is 9.59 Å². The highest BCUT2D eigenvalue weighted by molar-refractivity contribution is 5.94. The van der Waals surface area contributed by atoms with Gasteiger partial charge in [0.25, 0.3) is 0 Å². The maximum absolute atomic E-state index is 12.0. The predicted octanol–water partition coefficient (Wildman–Crippen LogP) is 1.66. The first-order chi connectivity index (χ1) is 10.7. The van der Waals surface area contributed by atoms with E-state index in [1.54, 1.807) is 0 Å². The molecule has 2 atom stereocenters. The second kappa shape index (κ2) is 6.92. The summed E-state index contributed by atoms with van der Waals surface area (Å²) >= 11 is 0. The molecule has 118 valence electrons. The van der Waals surface area contributed by atoms with Crippen molar-refractivity contribution in [3.05, 3.63) is 30.3 Å². The van der Waals surface area contributed by atoms with Crippen LogP contribution in [0.2, 0.25) is 0 Å². The van der Waals surface area contributed by atoms with Crippen LogP contribution in [0.5, 0.6) is 0 Å². The Balaban J connectivity index is 1.38. The fourth-order valence-corrected chi connectivity index (χ4v) is 3.58. The molecule has 2 heterocycles. The lowest BCUT2D eigenvalue weighted by Gasteiger charge is -2.28. The zero-order valence-electron chi connectivity index (χ0n) is 12.7. The van der Waals surface area contributed by atoms with Gasteiger partial charge in [-0.2, -0.15) is 0 Å². The highest BCUT2D eigenvalue weighted by Gasteiger charge is 2.34. The molecule has 0 spiro atoms. The average Bonchev–Trinajstić information content (AvgIpc) is 2.85. The Bertz CT molecular complexity index is 520. The summed E-state index contributed by atoms with van der Waals surface area (Å²) in [6, 6.07) is 10.5. The molecule has 3 N–H and O–H groups in total. The van der Waals surface area contributed by atoms with Gasteiger partial charge in [-0.25, -0.2) is 0 Å². The molecule has 0 saturated carbocycles. The standard InChI is InChI=1S/C17H23N3O2/c21-16(10-12-8-14-6-7-15(9-12)19-14)18-11-17(22)20-13-4-2-1-3-5-13/h1-5,12,14-15,19H,6-11H2,(H,18,21)(H,20,22). The molecule has 2 saturated heterocycles. The van der Waals surface area contributed by atoms with Crippen LogP contribution in [0, 0.1) is 5.92 Å². The van der Waals surface area contributed by atoms with Crippen molar-refractivity contribution in [3.63, 3.8) is 0 Å². The molecule has 2 bridgehead atoms. The molecule has 2 amide bonds. The van der Waals surface area contributed by atoms with Crippen molar-refractivity contribution in [1.82, 2.24) is 10.6 Å². The normalized spacial score (nSPS) is 26.5. The zero-order valence-corrected chi connectivity index (χ0v) is 12.7. The first-order valence-electron chi connectivity index (χ1n) is 8.06. The highest BCUT2D eigenvalue weighted by atomic mass is 16.2. The Morgan fingerprint density at radius 3 is 2.41 bits per heavy atom. The van der Waals surface area contributed by atoms with Gasteiger partial charge in [0.1, 0.15) is 0 Å². The number of nitrogens with one attached hydrogen (secondary N) is 3. The Morgan fingerprint density at radius 1 is 1.05 bits per heavy atom. The second-order valence-electron chi connectivity index (χ2n) is 6.37. The number of para-hydroxylation sites is 1. The van der Waals surface area contributed by atoms with E-state index in [0.717, 1.165) is 18.5 Å². The van der Waals surface area contributed by atoms with Gasteiger partial charge in [0.05, 0.1) is 6.54 Å². The number of hydrogen-bond donors (Lipinski definition) is 3. The van der Waals surface area contributed by atoms with Gasteiger partial charge in [0.2, 0.25) is 11.8 Å². The minimum atomic E-state index is -0.190. The minimum absolute atomic E-state index is 0.0190. The number of rotatable bonds is 5. The molecule has 22 heavy (non-hydrogen) atoms. The summed E-state index contributed by atoms with van der Waals surface area (Å²) in [5, 5.41) is 9.07. The number of anilines is 1. The Labute approximate surface area is 130 Å². The molecule has 2 aliphatic heterocycles. The zero-order chi connectivity index (χ0) is 15.4. The van der Waals surface area contributed by atoms with Crippen molar-refractivity contribution in [2.75, 3.05) is 11.9 Å². The van der Waals surface area contributed by atoms with Crippen LogP contribution in [0.4, 0.5) is 5.69 Å². The molecule has 5 nitrogen and oxygen atoms in total. The molecule has 2 aliphatic rings. The second-order valence-corrected chi connectivity index (χ2v) is 6.37. The quantitative estimate of drug-likeness (QED) is 0.774. The van der Waals surface area contributed by atoms with E-state index in [2.05, 4.69) is 16.0 Å². The van der Waals surface area contributed by atoms with E-state index >= 15 is 0 Å². The van der Waals surface area contributed by atoms with E-state index in [-0.39, 0.29) is 18.4 Å². The third-order valence-corrected chi connectivity index (χ3v) is 4.55. The van der Waals surface area contributed by atoms with Gasteiger partial charge in [0, 0.05) is 24.2 Å².